The lowest BCUT2D eigenvalue weighted by Crippen LogP contribution is -2.46. The molecule has 0 saturated carbocycles. The molecule has 3 amide bonds. The molecule has 1 N–H and O–H groups in total. The molecule has 19 heavy (non-hydrogen) atoms. The summed E-state index contributed by atoms with van der Waals surface area (Å²) in [6, 6.07) is 7.39. The molecule has 2 aliphatic rings. The number of carbonyl (C=O) groups excluding carboxylic acids is 2. The van der Waals surface area contributed by atoms with Gasteiger partial charge in [-0.2, -0.15) is 11.8 Å². The minimum Gasteiger partial charge on any atom is -0.322 e. The van der Waals surface area contributed by atoms with Gasteiger partial charge in [0.15, 0.2) is 0 Å². The van der Waals surface area contributed by atoms with Crippen LogP contribution in [-0.4, -0.2) is 33.9 Å². The van der Waals surface area contributed by atoms with E-state index in [9.17, 15) is 9.59 Å². The number of urea groups is 1. The number of benzene rings is 1. The molecular formula is C13H13BrN2O2S. The maximum Gasteiger partial charge on any atom is 0.325 e. The molecule has 2 aliphatic heterocycles. The first-order valence-electron chi connectivity index (χ1n) is 6.07. The Hall–Kier alpha value is -1.01. The number of halogens is 1. The summed E-state index contributed by atoms with van der Waals surface area (Å²) >= 11 is 5.09. The lowest BCUT2D eigenvalue weighted by molar-refractivity contribution is -0.130. The second kappa shape index (κ2) is 4.83. The lowest BCUT2D eigenvalue weighted by atomic mass is 9.99. The molecule has 0 radical (unpaired) electrons. The average Bonchev–Trinajstić information content (AvgIpc) is 2.94. The monoisotopic (exact) mass is 340 g/mol. The Morgan fingerprint density at radius 2 is 2.05 bits per heavy atom. The molecule has 0 aliphatic carbocycles. The molecule has 3 rings (SSSR count). The number of thioether (sulfide) groups is 1. The van der Waals surface area contributed by atoms with E-state index >= 15 is 0 Å². The third-order valence-corrected chi connectivity index (χ3v) is 5.24. The Morgan fingerprint density at radius 1 is 1.32 bits per heavy atom. The van der Waals surface area contributed by atoms with Gasteiger partial charge in [-0.3, -0.25) is 9.69 Å². The Bertz CT molecular complexity index is 526. The predicted molar refractivity (Wildman–Crippen MR) is 77.9 cm³/mol. The average molecular weight is 341 g/mol. The Morgan fingerprint density at radius 3 is 2.68 bits per heavy atom. The van der Waals surface area contributed by atoms with Crippen LogP contribution in [0.5, 0.6) is 0 Å². The minimum atomic E-state index is -0.642. The van der Waals surface area contributed by atoms with E-state index in [1.165, 1.54) is 4.90 Å². The third-order valence-electron chi connectivity index (χ3n) is 3.52. The number of hydrogen-bond acceptors (Lipinski definition) is 3. The van der Waals surface area contributed by atoms with Crippen LogP contribution in [0.3, 0.4) is 0 Å². The first-order chi connectivity index (χ1) is 9.11. The highest BCUT2D eigenvalue weighted by atomic mass is 79.9. The quantitative estimate of drug-likeness (QED) is 0.841. The van der Waals surface area contributed by atoms with Crippen molar-refractivity contribution in [1.82, 2.24) is 10.2 Å². The lowest BCUT2D eigenvalue weighted by Gasteiger charge is -2.19. The SMILES string of the molecule is O=C1NC2(CCSC2)C(=O)N1Cc1ccc(Br)cc1. The summed E-state index contributed by atoms with van der Waals surface area (Å²) in [4.78, 5) is 25.8. The van der Waals surface area contributed by atoms with E-state index in [0.717, 1.165) is 22.2 Å². The van der Waals surface area contributed by atoms with Gasteiger partial charge < -0.3 is 5.32 Å². The van der Waals surface area contributed by atoms with Crippen molar-refractivity contribution in [2.45, 2.75) is 18.5 Å². The summed E-state index contributed by atoms with van der Waals surface area (Å²) in [6.45, 7) is 0.338. The Labute approximate surface area is 124 Å². The molecule has 2 heterocycles. The second-order valence-electron chi connectivity index (χ2n) is 4.83. The van der Waals surface area contributed by atoms with E-state index in [0.29, 0.717) is 12.3 Å². The van der Waals surface area contributed by atoms with Crippen molar-refractivity contribution in [3.05, 3.63) is 34.3 Å². The van der Waals surface area contributed by atoms with Crippen molar-refractivity contribution in [3.8, 4) is 0 Å². The summed E-state index contributed by atoms with van der Waals surface area (Å²) < 4.78 is 0.983. The minimum absolute atomic E-state index is 0.0783. The van der Waals surface area contributed by atoms with Crippen LogP contribution in [0.25, 0.3) is 0 Å². The highest BCUT2D eigenvalue weighted by Crippen LogP contribution is 2.33. The van der Waals surface area contributed by atoms with Crippen molar-refractivity contribution < 1.29 is 9.59 Å². The summed E-state index contributed by atoms with van der Waals surface area (Å²) in [5.74, 6) is 1.54. The number of amides is 3. The second-order valence-corrected chi connectivity index (χ2v) is 6.85. The summed E-state index contributed by atoms with van der Waals surface area (Å²) in [5, 5.41) is 2.87. The summed E-state index contributed by atoms with van der Waals surface area (Å²) in [7, 11) is 0. The molecule has 0 bridgehead atoms. The fraction of sp³-hybridized carbons (Fsp3) is 0.385. The third kappa shape index (κ3) is 2.27. The topological polar surface area (TPSA) is 49.4 Å². The highest BCUT2D eigenvalue weighted by molar-refractivity contribution is 9.10. The van der Waals surface area contributed by atoms with Gasteiger partial charge in [-0.15, -0.1) is 0 Å². The van der Waals surface area contributed by atoms with E-state index < -0.39 is 5.54 Å². The van der Waals surface area contributed by atoms with Crippen molar-refractivity contribution in [3.63, 3.8) is 0 Å². The van der Waals surface area contributed by atoms with Crippen LogP contribution in [0, 0.1) is 0 Å². The van der Waals surface area contributed by atoms with Gasteiger partial charge in [0, 0.05) is 10.2 Å². The summed E-state index contributed by atoms with van der Waals surface area (Å²) in [6.07, 6.45) is 0.735. The molecule has 4 nitrogen and oxygen atoms in total. The smallest absolute Gasteiger partial charge is 0.322 e. The van der Waals surface area contributed by atoms with E-state index in [4.69, 9.17) is 0 Å². The number of nitrogens with zero attached hydrogens (tertiary/aromatic N) is 1. The Kier molecular flexibility index (Phi) is 3.30. The van der Waals surface area contributed by atoms with Crippen LogP contribution in [-0.2, 0) is 11.3 Å². The number of imide groups is 1. The number of rotatable bonds is 2. The van der Waals surface area contributed by atoms with Crippen molar-refractivity contribution in [2.75, 3.05) is 11.5 Å². The molecule has 1 unspecified atom stereocenters. The first kappa shape index (κ1) is 13.0. The fourth-order valence-corrected chi connectivity index (χ4v) is 4.01. The standard InChI is InChI=1S/C13H13BrN2O2S/c14-10-3-1-9(2-4-10)7-16-11(17)13(15-12(16)18)5-6-19-8-13/h1-4H,5-8H2,(H,15,18). The van der Waals surface area contributed by atoms with Crippen LogP contribution in [0.1, 0.15) is 12.0 Å². The zero-order chi connectivity index (χ0) is 13.5. The van der Waals surface area contributed by atoms with Gasteiger partial charge in [0.05, 0.1) is 6.54 Å². The first-order valence-corrected chi connectivity index (χ1v) is 8.02. The molecule has 1 aromatic carbocycles. The van der Waals surface area contributed by atoms with Crippen LogP contribution in [0.4, 0.5) is 4.79 Å². The molecular weight excluding hydrogens is 328 g/mol. The van der Waals surface area contributed by atoms with E-state index in [2.05, 4.69) is 21.2 Å². The van der Waals surface area contributed by atoms with Crippen LogP contribution >= 0.6 is 27.7 Å². The van der Waals surface area contributed by atoms with Gasteiger partial charge >= 0.3 is 6.03 Å². The molecule has 1 spiro atoms. The van der Waals surface area contributed by atoms with Gasteiger partial charge in [0.1, 0.15) is 5.54 Å². The molecule has 6 heteroatoms. The number of nitrogens with one attached hydrogen (secondary N) is 1. The number of hydrogen-bond donors (Lipinski definition) is 1. The molecule has 1 aromatic rings. The maximum absolute atomic E-state index is 12.4. The molecule has 100 valence electrons. The molecule has 1 atom stereocenters. The maximum atomic E-state index is 12.4. The van der Waals surface area contributed by atoms with Gasteiger partial charge in [-0.1, -0.05) is 28.1 Å². The molecule has 2 fully saturated rings. The molecule has 0 aromatic heterocycles. The van der Waals surface area contributed by atoms with Gasteiger partial charge in [-0.05, 0) is 29.9 Å². The molecule has 2 saturated heterocycles. The number of carbonyl (C=O) groups is 2. The van der Waals surface area contributed by atoms with E-state index in [1.54, 1.807) is 11.8 Å². The van der Waals surface area contributed by atoms with Gasteiger partial charge in [0.25, 0.3) is 5.91 Å². The van der Waals surface area contributed by atoms with Crippen molar-refractivity contribution >= 4 is 39.6 Å². The zero-order valence-corrected chi connectivity index (χ0v) is 12.6. The van der Waals surface area contributed by atoms with Crippen LogP contribution in [0.15, 0.2) is 28.7 Å². The highest BCUT2D eigenvalue weighted by Gasteiger charge is 2.52. The van der Waals surface area contributed by atoms with Gasteiger partial charge in [0.2, 0.25) is 0 Å². The largest absolute Gasteiger partial charge is 0.325 e. The van der Waals surface area contributed by atoms with E-state index in [1.807, 2.05) is 24.3 Å². The van der Waals surface area contributed by atoms with E-state index in [-0.39, 0.29) is 11.9 Å². The summed E-state index contributed by atoms with van der Waals surface area (Å²) in [5.41, 5.74) is 0.311. The van der Waals surface area contributed by atoms with Gasteiger partial charge in [-0.25, -0.2) is 4.79 Å². The van der Waals surface area contributed by atoms with Crippen molar-refractivity contribution in [1.29, 1.82) is 0 Å². The fourth-order valence-electron chi connectivity index (χ4n) is 2.42. The zero-order valence-electron chi connectivity index (χ0n) is 10.2. The van der Waals surface area contributed by atoms with Crippen molar-refractivity contribution in [2.24, 2.45) is 0 Å². The van der Waals surface area contributed by atoms with Crippen LogP contribution < -0.4 is 5.32 Å². The Balaban J connectivity index is 1.79. The van der Waals surface area contributed by atoms with Crippen LogP contribution in [0.2, 0.25) is 0 Å². The predicted octanol–water partition coefficient (Wildman–Crippen LogP) is 2.38. The normalized spacial score (nSPS) is 26.3.